The highest BCUT2D eigenvalue weighted by Crippen LogP contribution is 2.02. The lowest BCUT2D eigenvalue weighted by Gasteiger charge is -2.05. The van der Waals surface area contributed by atoms with Crippen LogP contribution in [-0.2, 0) is 13.1 Å². The molecule has 2 heterocycles. The van der Waals surface area contributed by atoms with E-state index in [-0.39, 0.29) is 0 Å². The van der Waals surface area contributed by atoms with Crippen molar-refractivity contribution in [1.29, 1.82) is 0 Å². The Morgan fingerprint density at radius 2 is 2.20 bits per heavy atom. The number of H-pyrrole nitrogens is 1. The van der Waals surface area contributed by atoms with E-state index in [1.807, 2.05) is 24.5 Å². The first-order valence-electron chi connectivity index (χ1n) is 5.10. The summed E-state index contributed by atoms with van der Waals surface area (Å²) < 4.78 is 0. The minimum absolute atomic E-state index is 0.811. The second-order valence-corrected chi connectivity index (χ2v) is 3.57. The molecule has 2 N–H and O–H groups in total. The van der Waals surface area contributed by atoms with Crippen molar-refractivity contribution in [3.8, 4) is 0 Å². The Kier molecular flexibility index (Phi) is 3.15. The lowest BCUT2D eigenvalue weighted by atomic mass is 10.2. The van der Waals surface area contributed by atoms with Crippen molar-refractivity contribution < 1.29 is 0 Å². The smallest absolute Gasteiger partial charge is 0.0570 e. The first kappa shape index (κ1) is 9.93. The molecule has 0 aliphatic heterocycles. The summed E-state index contributed by atoms with van der Waals surface area (Å²) >= 11 is 0. The summed E-state index contributed by atoms with van der Waals surface area (Å²) in [5.41, 5.74) is 3.55. The molecule has 0 saturated heterocycles. The Morgan fingerprint density at radius 3 is 2.93 bits per heavy atom. The standard InChI is InChI=1S/C12H15N3/c1-10-4-2-7-15-12(10)9-13-8-11-5-3-6-14-11/h2-7,13-14H,8-9H2,1H3. The molecule has 0 saturated carbocycles. The number of rotatable bonds is 4. The lowest BCUT2D eigenvalue weighted by Crippen LogP contribution is -2.14. The zero-order valence-corrected chi connectivity index (χ0v) is 8.83. The highest BCUT2D eigenvalue weighted by molar-refractivity contribution is 5.17. The highest BCUT2D eigenvalue weighted by Gasteiger charge is 1.98. The third-order valence-corrected chi connectivity index (χ3v) is 2.39. The van der Waals surface area contributed by atoms with Crippen LogP contribution in [0.2, 0.25) is 0 Å². The SMILES string of the molecule is Cc1cccnc1CNCc1ccc[nH]1. The van der Waals surface area contributed by atoms with E-state index in [2.05, 4.69) is 34.3 Å². The Morgan fingerprint density at radius 1 is 1.27 bits per heavy atom. The van der Waals surface area contributed by atoms with Crippen molar-refractivity contribution in [3.05, 3.63) is 53.6 Å². The normalized spacial score (nSPS) is 10.5. The number of pyridine rings is 1. The fraction of sp³-hybridized carbons (Fsp3) is 0.250. The Labute approximate surface area is 89.6 Å². The van der Waals surface area contributed by atoms with E-state index in [1.165, 1.54) is 11.3 Å². The first-order chi connectivity index (χ1) is 7.36. The summed E-state index contributed by atoms with van der Waals surface area (Å²) in [5, 5.41) is 3.35. The van der Waals surface area contributed by atoms with E-state index in [0.29, 0.717) is 0 Å². The average Bonchev–Trinajstić information content (AvgIpc) is 2.74. The van der Waals surface area contributed by atoms with Gasteiger partial charge in [0.1, 0.15) is 0 Å². The van der Waals surface area contributed by atoms with Crippen molar-refractivity contribution in [1.82, 2.24) is 15.3 Å². The topological polar surface area (TPSA) is 40.7 Å². The number of aryl methyl sites for hydroxylation is 1. The van der Waals surface area contributed by atoms with Gasteiger partial charge in [-0.2, -0.15) is 0 Å². The molecule has 0 spiro atoms. The van der Waals surface area contributed by atoms with E-state index in [0.717, 1.165) is 18.8 Å². The summed E-state index contributed by atoms with van der Waals surface area (Å²) in [5.74, 6) is 0. The fourth-order valence-electron chi connectivity index (χ4n) is 1.50. The third-order valence-electron chi connectivity index (χ3n) is 2.39. The zero-order chi connectivity index (χ0) is 10.5. The quantitative estimate of drug-likeness (QED) is 0.794. The molecule has 0 amide bonds. The number of hydrogen-bond donors (Lipinski definition) is 2. The van der Waals surface area contributed by atoms with Crippen molar-refractivity contribution in [2.75, 3.05) is 0 Å². The molecular formula is C12H15N3. The molecule has 0 radical (unpaired) electrons. The van der Waals surface area contributed by atoms with Crippen LogP contribution in [0.4, 0.5) is 0 Å². The van der Waals surface area contributed by atoms with Gasteiger partial charge in [-0.05, 0) is 30.7 Å². The maximum absolute atomic E-state index is 4.32. The second kappa shape index (κ2) is 4.75. The molecule has 3 heteroatoms. The van der Waals surface area contributed by atoms with Crippen LogP contribution in [0.15, 0.2) is 36.7 Å². The van der Waals surface area contributed by atoms with Gasteiger partial charge in [0.05, 0.1) is 5.69 Å². The minimum atomic E-state index is 0.811. The molecule has 0 aromatic carbocycles. The van der Waals surface area contributed by atoms with E-state index < -0.39 is 0 Å². The Hall–Kier alpha value is -1.61. The van der Waals surface area contributed by atoms with Crippen molar-refractivity contribution in [2.24, 2.45) is 0 Å². The van der Waals surface area contributed by atoms with E-state index >= 15 is 0 Å². The predicted molar refractivity (Wildman–Crippen MR) is 60.3 cm³/mol. The predicted octanol–water partition coefficient (Wildman–Crippen LogP) is 2.01. The van der Waals surface area contributed by atoms with Crippen LogP contribution in [0.3, 0.4) is 0 Å². The van der Waals surface area contributed by atoms with Crippen molar-refractivity contribution in [3.63, 3.8) is 0 Å². The molecule has 0 aliphatic rings. The molecule has 0 aliphatic carbocycles. The van der Waals surface area contributed by atoms with Crippen LogP contribution >= 0.6 is 0 Å². The van der Waals surface area contributed by atoms with Gasteiger partial charge < -0.3 is 10.3 Å². The van der Waals surface area contributed by atoms with Crippen LogP contribution in [0.1, 0.15) is 17.0 Å². The summed E-state index contributed by atoms with van der Waals surface area (Å²) in [7, 11) is 0. The van der Waals surface area contributed by atoms with Crippen LogP contribution in [0.25, 0.3) is 0 Å². The molecule has 2 aromatic heterocycles. The van der Waals surface area contributed by atoms with Gasteiger partial charge in [-0.1, -0.05) is 6.07 Å². The molecule has 15 heavy (non-hydrogen) atoms. The van der Waals surface area contributed by atoms with Gasteiger partial charge in [-0.15, -0.1) is 0 Å². The van der Waals surface area contributed by atoms with E-state index in [9.17, 15) is 0 Å². The number of aromatic amines is 1. The highest BCUT2D eigenvalue weighted by atomic mass is 14.9. The number of nitrogens with one attached hydrogen (secondary N) is 2. The molecular weight excluding hydrogens is 186 g/mol. The van der Waals surface area contributed by atoms with Gasteiger partial charge in [0.25, 0.3) is 0 Å². The summed E-state index contributed by atoms with van der Waals surface area (Å²) in [6, 6.07) is 8.11. The fourth-order valence-corrected chi connectivity index (χ4v) is 1.50. The number of nitrogens with zero attached hydrogens (tertiary/aromatic N) is 1. The maximum Gasteiger partial charge on any atom is 0.0570 e. The molecule has 78 valence electrons. The second-order valence-electron chi connectivity index (χ2n) is 3.57. The Balaban J connectivity index is 1.86. The lowest BCUT2D eigenvalue weighted by molar-refractivity contribution is 0.667. The monoisotopic (exact) mass is 201 g/mol. The van der Waals surface area contributed by atoms with Crippen LogP contribution in [0.5, 0.6) is 0 Å². The van der Waals surface area contributed by atoms with Gasteiger partial charge in [-0.25, -0.2) is 0 Å². The molecule has 0 atom stereocenters. The molecule has 0 unspecified atom stereocenters. The van der Waals surface area contributed by atoms with E-state index in [1.54, 1.807) is 0 Å². The Bertz CT molecular complexity index is 407. The molecule has 2 rings (SSSR count). The van der Waals surface area contributed by atoms with Crippen LogP contribution in [0, 0.1) is 6.92 Å². The first-order valence-corrected chi connectivity index (χ1v) is 5.10. The van der Waals surface area contributed by atoms with Gasteiger partial charge in [0.15, 0.2) is 0 Å². The third kappa shape index (κ3) is 2.67. The van der Waals surface area contributed by atoms with Crippen molar-refractivity contribution >= 4 is 0 Å². The largest absolute Gasteiger partial charge is 0.364 e. The summed E-state index contributed by atoms with van der Waals surface area (Å²) in [6.07, 6.45) is 3.77. The molecule has 3 nitrogen and oxygen atoms in total. The zero-order valence-electron chi connectivity index (χ0n) is 8.83. The van der Waals surface area contributed by atoms with Crippen molar-refractivity contribution in [2.45, 2.75) is 20.0 Å². The summed E-state index contributed by atoms with van der Waals surface area (Å²) in [6.45, 7) is 3.74. The average molecular weight is 201 g/mol. The van der Waals surface area contributed by atoms with Gasteiger partial charge in [0, 0.05) is 31.2 Å². The number of aromatic nitrogens is 2. The molecule has 2 aromatic rings. The van der Waals surface area contributed by atoms with Gasteiger partial charge in [0.2, 0.25) is 0 Å². The van der Waals surface area contributed by atoms with Gasteiger partial charge in [-0.3, -0.25) is 4.98 Å². The van der Waals surface area contributed by atoms with E-state index in [4.69, 9.17) is 0 Å². The minimum Gasteiger partial charge on any atom is -0.364 e. The maximum atomic E-state index is 4.32. The van der Waals surface area contributed by atoms with Crippen LogP contribution < -0.4 is 5.32 Å². The van der Waals surface area contributed by atoms with Crippen LogP contribution in [-0.4, -0.2) is 9.97 Å². The van der Waals surface area contributed by atoms with Gasteiger partial charge >= 0.3 is 0 Å². The molecule has 0 fully saturated rings. The number of hydrogen-bond acceptors (Lipinski definition) is 2. The molecule has 0 bridgehead atoms. The summed E-state index contributed by atoms with van der Waals surface area (Å²) in [4.78, 5) is 7.48.